The van der Waals surface area contributed by atoms with Crippen molar-refractivity contribution in [2.45, 2.75) is 25.2 Å². The molecule has 1 fully saturated rings. The van der Waals surface area contributed by atoms with Crippen LogP contribution in [0.2, 0.25) is 0 Å². The molecule has 1 aliphatic carbocycles. The average Bonchev–Trinajstić information content (AvgIpc) is 3.30. The van der Waals surface area contributed by atoms with Crippen molar-refractivity contribution in [1.82, 2.24) is 9.97 Å². The number of likely N-dealkylation sites (N-methyl/N-ethyl adjacent to an activating group) is 1. The lowest BCUT2D eigenvalue weighted by Crippen LogP contribution is -2.22. The lowest BCUT2D eigenvalue weighted by atomic mass is 10.1. The first-order valence-electron chi connectivity index (χ1n) is 7.02. The smallest absolute Gasteiger partial charge is 0.135 e. The van der Waals surface area contributed by atoms with Gasteiger partial charge in [-0.25, -0.2) is 9.97 Å². The molecular weight excluding hydrogens is 314 g/mol. The van der Waals surface area contributed by atoms with Crippen LogP contribution >= 0.6 is 15.9 Å². The van der Waals surface area contributed by atoms with Crippen molar-refractivity contribution in [2.75, 3.05) is 18.5 Å². The molecule has 20 heavy (non-hydrogen) atoms. The number of rotatable bonds is 5. The van der Waals surface area contributed by atoms with Crippen molar-refractivity contribution < 1.29 is 0 Å². The molecule has 1 aliphatic rings. The normalized spacial score (nSPS) is 14.3. The maximum Gasteiger partial charge on any atom is 0.135 e. The molecule has 0 bridgehead atoms. The Morgan fingerprint density at radius 3 is 2.65 bits per heavy atom. The van der Waals surface area contributed by atoms with E-state index in [-0.39, 0.29) is 0 Å². The summed E-state index contributed by atoms with van der Waals surface area (Å²) in [6.07, 6.45) is 3.48. The highest BCUT2D eigenvalue weighted by atomic mass is 79.9. The standard InChI is InChI=1S/C16H18BrN3/c1-20(10-9-12-5-3-2-4-6-12)15-11-14(17)18-16(19-15)13-7-8-13/h2-6,11,13H,7-10H2,1H3. The summed E-state index contributed by atoms with van der Waals surface area (Å²) in [5.41, 5.74) is 1.36. The molecule has 0 amide bonds. The highest BCUT2D eigenvalue weighted by Crippen LogP contribution is 2.39. The summed E-state index contributed by atoms with van der Waals surface area (Å²) < 4.78 is 0.885. The minimum atomic E-state index is 0.578. The van der Waals surface area contributed by atoms with Crippen LogP contribution in [0.25, 0.3) is 0 Å². The van der Waals surface area contributed by atoms with Crippen molar-refractivity contribution >= 4 is 21.7 Å². The summed E-state index contributed by atoms with van der Waals surface area (Å²) in [6, 6.07) is 12.6. The minimum absolute atomic E-state index is 0.578. The Kier molecular flexibility index (Phi) is 4.01. The summed E-state index contributed by atoms with van der Waals surface area (Å²) in [7, 11) is 2.09. The van der Waals surface area contributed by atoms with Gasteiger partial charge in [0.2, 0.25) is 0 Å². The molecule has 0 spiro atoms. The van der Waals surface area contributed by atoms with E-state index in [1.165, 1.54) is 18.4 Å². The topological polar surface area (TPSA) is 29.0 Å². The fraction of sp³-hybridized carbons (Fsp3) is 0.375. The zero-order valence-electron chi connectivity index (χ0n) is 11.6. The van der Waals surface area contributed by atoms with Crippen LogP contribution in [0.4, 0.5) is 5.82 Å². The van der Waals surface area contributed by atoms with Gasteiger partial charge in [0, 0.05) is 25.6 Å². The van der Waals surface area contributed by atoms with Gasteiger partial charge in [0.15, 0.2) is 0 Å². The first-order valence-corrected chi connectivity index (χ1v) is 7.81. The monoisotopic (exact) mass is 331 g/mol. The molecule has 0 N–H and O–H groups in total. The Morgan fingerprint density at radius 1 is 1.20 bits per heavy atom. The summed E-state index contributed by atoms with van der Waals surface area (Å²) in [5.74, 6) is 2.57. The molecule has 4 heteroatoms. The predicted molar refractivity (Wildman–Crippen MR) is 85.1 cm³/mol. The number of anilines is 1. The van der Waals surface area contributed by atoms with Gasteiger partial charge in [-0.3, -0.25) is 0 Å². The molecule has 1 aromatic carbocycles. The Bertz CT molecular complexity index is 582. The molecule has 0 saturated heterocycles. The fourth-order valence-electron chi connectivity index (χ4n) is 2.20. The Hall–Kier alpha value is -1.42. The predicted octanol–water partition coefficient (Wildman–Crippen LogP) is 3.80. The molecule has 2 aromatic rings. The first kappa shape index (κ1) is 13.6. The summed E-state index contributed by atoms with van der Waals surface area (Å²) >= 11 is 3.50. The number of hydrogen-bond donors (Lipinski definition) is 0. The summed E-state index contributed by atoms with van der Waals surface area (Å²) in [4.78, 5) is 11.4. The fourth-order valence-corrected chi connectivity index (χ4v) is 2.58. The maximum atomic E-state index is 4.69. The van der Waals surface area contributed by atoms with E-state index in [4.69, 9.17) is 4.98 Å². The Labute approximate surface area is 128 Å². The molecule has 1 aromatic heterocycles. The second-order valence-electron chi connectivity index (χ2n) is 5.34. The molecule has 1 saturated carbocycles. The molecule has 0 atom stereocenters. The van der Waals surface area contributed by atoms with Gasteiger partial charge in [-0.15, -0.1) is 0 Å². The largest absolute Gasteiger partial charge is 0.359 e. The number of aromatic nitrogens is 2. The van der Waals surface area contributed by atoms with E-state index in [2.05, 4.69) is 63.2 Å². The van der Waals surface area contributed by atoms with Gasteiger partial charge in [0.25, 0.3) is 0 Å². The highest BCUT2D eigenvalue weighted by molar-refractivity contribution is 9.10. The van der Waals surface area contributed by atoms with Crippen LogP contribution in [0.3, 0.4) is 0 Å². The third-order valence-corrected chi connectivity index (χ3v) is 4.02. The van der Waals surface area contributed by atoms with Gasteiger partial charge < -0.3 is 4.90 Å². The van der Waals surface area contributed by atoms with Crippen LogP contribution in [0.5, 0.6) is 0 Å². The maximum absolute atomic E-state index is 4.69. The van der Waals surface area contributed by atoms with E-state index in [1.54, 1.807) is 0 Å². The lowest BCUT2D eigenvalue weighted by Gasteiger charge is -2.19. The zero-order chi connectivity index (χ0) is 13.9. The third kappa shape index (κ3) is 3.37. The van der Waals surface area contributed by atoms with E-state index in [0.717, 1.165) is 29.2 Å². The third-order valence-electron chi connectivity index (χ3n) is 3.61. The van der Waals surface area contributed by atoms with Crippen LogP contribution in [-0.2, 0) is 6.42 Å². The zero-order valence-corrected chi connectivity index (χ0v) is 13.2. The van der Waals surface area contributed by atoms with E-state index in [0.29, 0.717) is 5.92 Å². The summed E-state index contributed by atoms with van der Waals surface area (Å²) in [6.45, 7) is 0.956. The van der Waals surface area contributed by atoms with Gasteiger partial charge in [-0.05, 0) is 40.8 Å². The van der Waals surface area contributed by atoms with Crippen LogP contribution < -0.4 is 4.90 Å². The number of hydrogen-bond acceptors (Lipinski definition) is 3. The Morgan fingerprint density at radius 2 is 1.95 bits per heavy atom. The van der Waals surface area contributed by atoms with E-state index in [1.807, 2.05) is 6.07 Å². The number of halogens is 1. The van der Waals surface area contributed by atoms with Gasteiger partial charge in [0.05, 0.1) is 0 Å². The van der Waals surface area contributed by atoms with Crippen LogP contribution in [0.15, 0.2) is 41.0 Å². The van der Waals surface area contributed by atoms with Crippen molar-refractivity contribution in [1.29, 1.82) is 0 Å². The van der Waals surface area contributed by atoms with Gasteiger partial charge in [-0.2, -0.15) is 0 Å². The quantitative estimate of drug-likeness (QED) is 0.780. The SMILES string of the molecule is CN(CCc1ccccc1)c1cc(Br)nc(C2CC2)n1. The highest BCUT2D eigenvalue weighted by Gasteiger charge is 2.27. The lowest BCUT2D eigenvalue weighted by molar-refractivity contribution is 0.830. The van der Waals surface area contributed by atoms with E-state index < -0.39 is 0 Å². The number of nitrogens with zero attached hydrogens (tertiary/aromatic N) is 3. The second-order valence-corrected chi connectivity index (χ2v) is 6.15. The molecule has 0 radical (unpaired) electrons. The van der Waals surface area contributed by atoms with Gasteiger partial charge in [-0.1, -0.05) is 30.3 Å². The van der Waals surface area contributed by atoms with Crippen LogP contribution in [0, 0.1) is 0 Å². The van der Waals surface area contributed by atoms with E-state index >= 15 is 0 Å². The first-order chi connectivity index (χ1) is 9.72. The summed E-state index contributed by atoms with van der Waals surface area (Å²) in [5, 5.41) is 0. The van der Waals surface area contributed by atoms with Gasteiger partial charge >= 0.3 is 0 Å². The minimum Gasteiger partial charge on any atom is -0.359 e. The molecule has 1 heterocycles. The van der Waals surface area contributed by atoms with Crippen molar-refractivity contribution in [3.05, 3.63) is 52.4 Å². The van der Waals surface area contributed by atoms with Crippen molar-refractivity contribution in [3.63, 3.8) is 0 Å². The second kappa shape index (κ2) is 5.92. The van der Waals surface area contributed by atoms with Crippen molar-refractivity contribution in [3.8, 4) is 0 Å². The average molecular weight is 332 g/mol. The van der Waals surface area contributed by atoms with Crippen LogP contribution in [-0.4, -0.2) is 23.6 Å². The molecule has 3 rings (SSSR count). The molecule has 0 unspecified atom stereocenters. The van der Waals surface area contributed by atoms with Crippen molar-refractivity contribution in [2.24, 2.45) is 0 Å². The molecule has 104 valence electrons. The Balaban J connectivity index is 1.68. The van der Waals surface area contributed by atoms with Crippen LogP contribution in [0.1, 0.15) is 30.1 Å². The molecular formula is C16H18BrN3. The van der Waals surface area contributed by atoms with Gasteiger partial charge in [0.1, 0.15) is 16.2 Å². The number of benzene rings is 1. The molecule has 0 aliphatic heterocycles. The van der Waals surface area contributed by atoms with E-state index in [9.17, 15) is 0 Å². The molecule has 3 nitrogen and oxygen atoms in total.